The summed E-state index contributed by atoms with van der Waals surface area (Å²) in [5.74, 6) is -0.357. The van der Waals surface area contributed by atoms with Crippen LogP contribution >= 0.6 is 24.0 Å². The lowest BCUT2D eigenvalue weighted by atomic mass is 10.1. The molecule has 1 saturated heterocycles. The highest BCUT2D eigenvalue weighted by Gasteiger charge is 2.32. The van der Waals surface area contributed by atoms with Crippen molar-refractivity contribution in [1.82, 2.24) is 14.7 Å². The highest BCUT2D eigenvalue weighted by molar-refractivity contribution is 8.26. The van der Waals surface area contributed by atoms with E-state index in [9.17, 15) is 9.18 Å². The number of hydrogen-bond donors (Lipinski definition) is 0. The average molecular weight is 494 g/mol. The van der Waals surface area contributed by atoms with Crippen LogP contribution in [0.4, 0.5) is 4.39 Å². The van der Waals surface area contributed by atoms with E-state index in [1.54, 1.807) is 21.7 Å². The number of carbonyl (C=O) groups excluding carboxylic acids is 1. The smallest absolute Gasteiger partial charge is 0.266 e. The number of amides is 1. The summed E-state index contributed by atoms with van der Waals surface area (Å²) in [6.45, 7) is 2.86. The van der Waals surface area contributed by atoms with Crippen molar-refractivity contribution in [2.24, 2.45) is 0 Å². The van der Waals surface area contributed by atoms with Crippen molar-refractivity contribution >= 4 is 40.3 Å². The Morgan fingerprint density at radius 3 is 2.44 bits per heavy atom. The van der Waals surface area contributed by atoms with Crippen LogP contribution in [0.15, 0.2) is 65.7 Å². The Bertz CT molecular complexity index is 1170. The molecule has 0 spiro atoms. The van der Waals surface area contributed by atoms with Crippen molar-refractivity contribution in [3.63, 3.8) is 0 Å². The van der Waals surface area contributed by atoms with Crippen molar-refractivity contribution in [3.8, 4) is 16.9 Å². The molecule has 0 N–H and O–H groups in total. The van der Waals surface area contributed by atoms with Crippen LogP contribution in [0, 0.1) is 5.82 Å². The second-order valence-corrected chi connectivity index (χ2v) is 10.00. The van der Waals surface area contributed by atoms with E-state index in [1.807, 2.05) is 42.6 Å². The molecule has 1 aliphatic heterocycles. The Labute approximate surface area is 209 Å². The molecule has 0 atom stereocenters. The van der Waals surface area contributed by atoms with Gasteiger partial charge in [-0.25, -0.2) is 9.07 Å². The highest BCUT2D eigenvalue weighted by Crippen LogP contribution is 2.35. The molecule has 2 aromatic carbocycles. The summed E-state index contributed by atoms with van der Waals surface area (Å²) in [4.78, 5) is 15.4. The number of hydrogen-bond acceptors (Lipinski definition) is 4. The van der Waals surface area contributed by atoms with Crippen molar-refractivity contribution < 1.29 is 9.18 Å². The molecule has 1 aliphatic rings. The van der Waals surface area contributed by atoms with Crippen molar-refractivity contribution in [1.29, 1.82) is 0 Å². The summed E-state index contributed by atoms with van der Waals surface area (Å²) < 4.78 is 15.9. The molecule has 4 rings (SSSR count). The third-order valence-electron chi connectivity index (χ3n) is 5.78. The zero-order chi connectivity index (χ0) is 23.9. The third kappa shape index (κ3) is 5.83. The second-order valence-electron chi connectivity index (χ2n) is 8.32. The quantitative estimate of drug-likeness (QED) is 0.169. The minimum absolute atomic E-state index is 0.0546. The number of halogens is 1. The molecule has 0 aliphatic carbocycles. The standard InChI is InChI=1S/C27H28FN3OS2/c1-2-3-4-5-6-10-17-30-26(32)24(34-27(30)33)18-21-19-31(23-11-8-7-9-12-23)29-25(21)20-13-15-22(28)16-14-20/h7-9,11-16,18-19H,2-6,10,17H2,1H3. The Kier molecular flexibility index (Phi) is 8.29. The van der Waals surface area contributed by atoms with E-state index in [2.05, 4.69) is 6.92 Å². The molecule has 3 aromatic rings. The van der Waals surface area contributed by atoms with Crippen molar-refractivity contribution in [3.05, 3.63) is 77.1 Å². The van der Waals surface area contributed by atoms with Crippen LogP contribution in [0.3, 0.4) is 0 Å². The monoisotopic (exact) mass is 493 g/mol. The fourth-order valence-corrected chi connectivity index (χ4v) is 5.22. The lowest BCUT2D eigenvalue weighted by Crippen LogP contribution is -2.29. The number of benzene rings is 2. The van der Waals surface area contributed by atoms with Crippen LogP contribution in [0.25, 0.3) is 23.0 Å². The predicted molar refractivity (Wildman–Crippen MR) is 142 cm³/mol. The van der Waals surface area contributed by atoms with Crippen LogP contribution in [0.1, 0.15) is 51.0 Å². The summed E-state index contributed by atoms with van der Waals surface area (Å²) in [6, 6.07) is 16.0. The zero-order valence-corrected chi connectivity index (χ0v) is 20.9. The summed E-state index contributed by atoms with van der Waals surface area (Å²) in [5.41, 5.74) is 3.16. The lowest BCUT2D eigenvalue weighted by Gasteiger charge is -2.13. The van der Waals surface area contributed by atoms with Crippen LogP contribution in [0.2, 0.25) is 0 Å². The number of rotatable bonds is 10. The summed E-state index contributed by atoms with van der Waals surface area (Å²) >= 11 is 6.85. The largest absolute Gasteiger partial charge is 0.293 e. The van der Waals surface area contributed by atoms with Gasteiger partial charge in [-0.15, -0.1) is 0 Å². The first-order valence-corrected chi connectivity index (χ1v) is 13.0. The first kappa shape index (κ1) is 24.4. The zero-order valence-electron chi connectivity index (χ0n) is 19.2. The van der Waals surface area contributed by atoms with Crippen molar-refractivity contribution in [2.45, 2.75) is 45.4 Å². The third-order valence-corrected chi connectivity index (χ3v) is 7.15. The minimum atomic E-state index is -0.302. The maximum absolute atomic E-state index is 13.5. The van der Waals surface area contributed by atoms with Crippen LogP contribution < -0.4 is 0 Å². The molecule has 1 fully saturated rings. The summed E-state index contributed by atoms with van der Waals surface area (Å²) in [6.07, 6.45) is 10.7. The number of carbonyl (C=O) groups is 1. The van der Waals surface area contributed by atoms with Gasteiger partial charge in [0.25, 0.3) is 5.91 Å². The second kappa shape index (κ2) is 11.6. The molecular weight excluding hydrogens is 465 g/mol. The van der Waals surface area contributed by atoms with Gasteiger partial charge in [-0.05, 0) is 48.9 Å². The SMILES string of the molecule is CCCCCCCCN1C(=O)C(=Cc2cn(-c3ccccc3)nc2-c2ccc(F)cc2)SC1=S. The van der Waals surface area contributed by atoms with Gasteiger partial charge in [-0.2, -0.15) is 5.10 Å². The molecule has 1 amide bonds. The number of thiocarbonyl (C=S) groups is 1. The molecule has 2 heterocycles. The molecule has 1 aromatic heterocycles. The average Bonchev–Trinajstić information content (AvgIpc) is 3.38. The molecule has 176 valence electrons. The van der Waals surface area contributed by atoms with Gasteiger partial charge in [0.2, 0.25) is 0 Å². The highest BCUT2D eigenvalue weighted by atomic mass is 32.2. The van der Waals surface area contributed by atoms with E-state index in [1.165, 1.54) is 49.6 Å². The van der Waals surface area contributed by atoms with E-state index in [0.717, 1.165) is 29.7 Å². The number of unbranched alkanes of at least 4 members (excludes halogenated alkanes) is 5. The van der Waals surface area contributed by atoms with Crippen LogP contribution in [0.5, 0.6) is 0 Å². The molecule has 4 nitrogen and oxygen atoms in total. The molecule has 34 heavy (non-hydrogen) atoms. The van der Waals surface area contributed by atoms with E-state index < -0.39 is 0 Å². The van der Waals surface area contributed by atoms with Crippen molar-refractivity contribution in [2.75, 3.05) is 6.54 Å². The Morgan fingerprint density at radius 2 is 1.71 bits per heavy atom. The summed E-state index contributed by atoms with van der Waals surface area (Å²) in [7, 11) is 0. The lowest BCUT2D eigenvalue weighted by molar-refractivity contribution is -0.122. The predicted octanol–water partition coefficient (Wildman–Crippen LogP) is 7.24. The number of para-hydroxylation sites is 1. The van der Waals surface area contributed by atoms with Crippen LogP contribution in [-0.2, 0) is 4.79 Å². The van der Waals surface area contributed by atoms with Gasteiger partial charge in [0.05, 0.1) is 16.3 Å². The first-order valence-electron chi connectivity index (χ1n) is 11.7. The minimum Gasteiger partial charge on any atom is -0.293 e. The molecule has 7 heteroatoms. The fraction of sp³-hybridized carbons (Fsp3) is 0.296. The maximum Gasteiger partial charge on any atom is 0.266 e. The Hall–Kier alpha value is -2.77. The maximum atomic E-state index is 13.5. The number of nitrogens with zero attached hydrogens (tertiary/aromatic N) is 3. The van der Waals surface area contributed by atoms with Gasteiger partial charge >= 0.3 is 0 Å². The molecule has 0 unspecified atom stereocenters. The Morgan fingerprint density at radius 1 is 1.00 bits per heavy atom. The van der Waals surface area contributed by atoms with E-state index in [0.29, 0.717) is 21.5 Å². The van der Waals surface area contributed by atoms with Gasteiger partial charge in [-0.1, -0.05) is 81.2 Å². The van der Waals surface area contributed by atoms with Gasteiger partial charge in [0, 0.05) is 23.9 Å². The fourth-order valence-electron chi connectivity index (χ4n) is 3.92. The first-order chi connectivity index (χ1) is 16.6. The van der Waals surface area contributed by atoms with Gasteiger partial charge in [0.1, 0.15) is 10.1 Å². The molecule has 0 bridgehead atoms. The van der Waals surface area contributed by atoms with Crippen LogP contribution in [-0.4, -0.2) is 31.5 Å². The normalized spacial score (nSPS) is 15.0. The van der Waals surface area contributed by atoms with E-state index >= 15 is 0 Å². The van der Waals surface area contributed by atoms with E-state index in [-0.39, 0.29) is 11.7 Å². The molecule has 0 saturated carbocycles. The summed E-state index contributed by atoms with van der Waals surface area (Å²) in [5, 5.41) is 4.75. The molecule has 0 radical (unpaired) electrons. The Balaban J connectivity index is 1.57. The van der Waals surface area contributed by atoms with Gasteiger partial charge in [0.15, 0.2) is 0 Å². The van der Waals surface area contributed by atoms with E-state index in [4.69, 9.17) is 17.3 Å². The topological polar surface area (TPSA) is 38.1 Å². The van der Waals surface area contributed by atoms with Gasteiger partial charge in [-0.3, -0.25) is 9.69 Å². The molecular formula is C27H28FN3OS2. The van der Waals surface area contributed by atoms with Gasteiger partial charge < -0.3 is 0 Å². The number of thioether (sulfide) groups is 1. The number of aromatic nitrogens is 2.